The van der Waals surface area contributed by atoms with Gasteiger partial charge in [0.25, 0.3) is 0 Å². The molecule has 2 rings (SSSR count). The van der Waals surface area contributed by atoms with E-state index in [0.717, 1.165) is 23.3 Å². The monoisotopic (exact) mass is 205 g/mol. The Kier molecular flexibility index (Phi) is 2.39. The number of methoxy groups -OCH3 is 1. The lowest BCUT2D eigenvalue weighted by atomic mass is 9.93. The Labute approximate surface area is 89.4 Å². The molecule has 1 aromatic rings. The zero-order valence-electron chi connectivity index (χ0n) is 9.24. The first-order chi connectivity index (χ1) is 7.11. The maximum atomic E-state index is 9.55. The number of phenols is 1. The van der Waals surface area contributed by atoms with Gasteiger partial charge in [0.15, 0.2) is 0 Å². The summed E-state index contributed by atoms with van der Waals surface area (Å²) >= 11 is 0. The van der Waals surface area contributed by atoms with E-state index in [1.54, 1.807) is 19.2 Å². The van der Waals surface area contributed by atoms with Crippen LogP contribution in [0, 0.1) is 0 Å². The van der Waals surface area contributed by atoms with Crippen molar-refractivity contribution in [2.75, 3.05) is 7.11 Å². The molecular weight excluding hydrogens is 190 g/mol. The summed E-state index contributed by atoms with van der Waals surface area (Å²) in [5, 5.41) is 9.55. The molecule has 0 saturated heterocycles. The lowest BCUT2D eigenvalue weighted by Crippen LogP contribution is -2.17. The number of rotatable bonds is 1. The zero-order valence-corrected chi connectivity index (χ0v) is 9.24. The molecule has 1 N–H and O–H groups in total. The number of phenolic OH excluding ortho intramolecular Hbond substituents is 1. The van der Waals surface area contributed by atoms with Crippen LogP contribution in [-0.4, -0.2) is 24.0 Å². The topological polar surface area (TPSA) is 41.8 Å². The van der Waals surface area contributed by atoms with Gasteiger partial charge < -0.3 is 9.84 Å². The second-order valence-corrected chi connectivity index (χ2v) is 3.95. The molecule has 3 heteroatoms. The van der Waals surface area contributed by atoms with E-state index in [9.17, 15) is 5.11 Å². The molecule has 0 aromatic heterocycles. The van der Waals surface area contributed by atoms with E-state index >= 15 is 0 Å². The standard InChI is InChI=1S/C12H15NO2/c1-7-4-9-5-10(14)6-11(15-3)12(9)8(2)13-7/h5-7,14H,4H2,1-3H3/t7-/m0/s1. The van der Waals surface area contributed by atoms with Gasteiger partial charge in [-0.15, -0.1) is 0 Å². The zero-order chi connectivity index (χ0) is 11.0. The van der Waals surface area contributed by atoms with Crippen molar-refractivity contribution in [1.29, 1.82) is 0 Å². The molecule has 80 valence electrons. The third kappa shape index (κ3) is 1.69. The molecule has 1 heterocycles. The Morgan fingerprint density at radius 3 is 2.87 bits per heavy atom. The van der Waals surface area contributed by atoms with Crippen LogP contribution < -0.4 is 4.74 Å². The smallest absolute Gasteiger partial charge is 0.131 e. The second kappa shape index (κ2) is 3.57. The van der Waals surface area contributed by atoms with E-state index in [0.29, 0.717) is 5.75 Å². The summed E-state index contributed by atoms with van der Waals surface area (Å²) in [4.78, 5) is 4.52. The van der Waals surface area contributed by atoms with Gasteiger partial charge >= 0.3 is 0 Å². The highest BCUT2D eigenvalue weighted by molar-refractivity contribution is 6.03. The third-order valence-electron chi connectivity index (χ3n) is 2.68. The number of nitrogens with zero attached hydrogens (tertiary/aromatic N) is 1. The third-order valence-corrected chi connectivity index (χ3v) is 2.68. The molecule has 0 amide bonds. The van der Waals surface area contributed by atoms with Crippen LogP contribution in [0.25, 0.3) is 0 Å². The van der Waals surface area contributed by atoms with Gasteiger partial charge in [0.05, 0.1) is 13.2 Å². The first-order valence-electron chi connectivity index (χ1n) is 5.06. The number of hydrogen-bond acceptors (Lipinski definition) is 3. The van der Waals surface area contributed by atoms with E-state index in [4.69, 9.17) is 4.74 Å². The number of fused-ring (bicyclic) bond motifs is 1. The van der Waals surface area contributed by atoms with E-state index < -0.39 is 0 Å². The van der Waals surface area contributed by atoms with Crippen LogP contribution in [0.15, 0.2) is 17.1 Å². The van der Waals surface area contributed by atoms with Crippen molar-refractivity contribution in [2.24, 2.45) is 4.99 Å². The van der Waals surface area contributed by atoms with Crippen LogP contribution in [0.4, 0.5) is 0 Å². The van der Waals surface area contributed by atoms with Gasteiger partial charge in [0.2, 0.25) is 0 Å². The van der Waals surface area contributed by atoms with Crippen LogP contribution in [0.3, 0.4) is 0 Å². The van der Waals surface area contributed by atoms with Gasteiger partial charge in [-0.25, -0.2) is 0 Å². The van der Waals surface area contributed by atoms with E-state index in [1.165, 1.54) is 0 Å². The molecule has 3 nitrogen and oxygen atoms in total. The summed E-state index contributed by atoms with van der Waals surface area (Å²) in [6.07, 6.45) is 0.859. The Morgan fingerprint density at radius 2 is 2.20 bits per heavy atom. The summed E-state index contributed by atoms with van der Waals surface area (Å²) in [7, 11) is 1.61. The van der Waals surface area contributed by atoms with Crippen molar-refractivity contribution in [3.63, 3.8) is 0 Å². The van der Waals surface area contributed by atoms with Crippen molar-refractivity contribution >= 4 is 5.71 Å². The van der Waals surface area contributed by atoms with Gasteiger partial charge in [-0.05, 0) is 31.9 Å². The fourth-order valence-corrected chi connectivity index (χ4v) is 2.15. The lowest BCUT2D eigenvalue weighted by molar-refractivity contribution is 0.405. The average Bonchev–Trinajstić information content (AvgIpc) is 2.14. The highest BCUT2D eigenvalue weighted by Crippen LogP contribution is 2.32. The SMILES string of the molecule is COc1cc(O)cc2c1C(C)=N[C@@H](C)C2. The van der Waals surface area contributed by atoms with E-state index in [-0.39, 0.29) is 11.8 Å². The molecule has 1 aliphatic heterocycles. The second-order valence-electron chi connectivity index (χ2n) is 3.95. The molecule has 0 spiro atoms. The van der Waals surface area contributed by atoms with Crippen LogP contribution in [0.5, 0.6) is 11.5 Å². The molecule has 0 unspecified atom stereocenters. The Bertz CT molecular complexity index is 424. The molecule has 1 aromatic carbocycles. The van der Waals surface area contributed by atoms with Gasteiger partial charge in [0.1, 0.15) is 11.5 Å². The minimum Gasteiger partial charge on any atom is -0.508 e. The number of aliphatic imine (C=N–C) groups is 1. The maximum Gasteiger partial charge on any atom is 0.131 e. The minimum atomic E-state index is 0.257. The Morgan fingerprint density at radius 1 is 1.47 bits per heavy atom. The van der Waals surface area contributed by atoms with Crippen LogP contribution in [0.2, 0.25) is 0 Å². The molecule has 0 radical (unpaired) electrons. The van der Waals surface area contributed by atoms with Crippen LogP contribution in [0.1, 0.15) is 25.0 Å². The molecule has 0 saturated carbocycles. The summed E-state index contributed by atoms with van der Waals surface area (Å²) in [6, 6.07) is 3.71. The van der Waals surface area contributed by atoms with Crippen LogP contribution >= 0.6 is 0 Å². The van der Waals surface area contributed by atoms with E-state index in [1.807, 2.05) is 6.92 Å². The van der Waals surface area contributed by atoms with Gasteiger partial charge in [0, 0.05) is 17.3 Å². The van der Waals surface area contributed by atoms with E-state index in [2.05, 4.69) is 11.9 Å². The number of benzene rings is 1. The highest BCUT2D eigenvalue weighted by atomic mass is 16.5. The minimum absolute atomic E-state index is 0.257. The fourth-order valence-electron chi connectivity index (χ4n) is 2.15. The predicted molar refractivity (Wildman–Crippen MR) is 60.0 cm³/mol. The highest BCUT2D eigenvalue weighted by Gasteiger charge is 2.20. The van der Waals surface area contributed by atoms with Gasteiger partial charge in [-0.1, -0.05) is 0 Å². The first-order valence-corrected chi connectivity index (χ1v) is 5.06. The van der Waals surface area contributed by atoms with Crippen molar-refractivity contribution in [1.82, 2.24) is 0 Å². The predicted octanol–water partition coefficient (Wildman–Crippen LogP) is 2.15. The number of aromatic hydroxyl groups is 1. The first kappa shape index (κ1) is 10.0. The van der Waals surface area contributed by atoms with Crippen molar-refractivity contribution in [2.45, 2.75) is 26.3 Å². The molecule has 15 heavy (non-hydrogen) atoms. The quantitative estimate of drug-likeness (QED) is 0.763. The summed E-state index contributed by atoms with van der Waals surface area (Å²) in [5.74, 6) is 0.964. The molecular formula is C12H15NO2. The number of hydrogen-bond donors (Lipinski definition) is 1. The van der Waals surface area contributed by atoms with Crippen molar-refractivity contribution in [3.8, 4) is 11.5 Å². The largest absolute Gasteiger partial charge is 0.508 e. The summed E-state index contributed by atoms with van der Waals surface area (Å²) in [5.41, 5.74) is 3.14. The van der Waals surface area contributed by atoms with Crippen molar-refractivity contribution < 1.29 is 9.84 Å². The summed E-state index contributed by atoms with van der Waals surface area (Å²) in [6.45, 7) is 4.05. The molecule has 1 aliphatic rings. The molecule has 0 bridgehead atoms. The molecule has 0 fully saturated rings. The van der Waals surface area contributed by atoms with Gasteiger partial charge in [-0.2, -0.15) is 0 Å². The Hall–Kier alpha value is -1.51. The lowest BCUT2D eigenvalue weighted by Gasteiger charge is -2.21. The maximum absolute atomic E-state index is 9.55. The van der Waals surface area contributed by atoms with Crippen LogP contribution in [-0.2, 0) is 6.42 Å². The van der Waals surface area contributed by atoms with Crippen molar-refractivity contribution in [3.05, 3.63) is 23.3 Å². The molecule has 1 atom stereocenters. The normalized spacial score (nSPS) is 19.4. The molecule has 0 aliphatic carbocycles. The Balaban J connectivity index is 2.62. The fraction of sp³-hybridized carbons (Fsp3) is 0.417. The number of ether oxygens (including phenoxy) is 1. The van der Waals surface area contributed by atoms with Gasteiger partial charge in [-0.3, -0.25) is 4.99 Å². The summed E-state index contributed by atoms with van der Waals surface area (Å²) < 4.78 is 5.26. The average molecular weight is 205 g/mol.